The van der Waals surface area contributed by atoms with Gasteiger partial charge >= 0.3 is 0 Å². The monoisotopic (exact) mass is 284 g/mol. The lowest BCUT2D eigenvalue weighted by molar-refractivity contribution is 0.629. The van der Waals surface area contributed by atoms with Crippen LogP contribution >= 0.6 is 0 Å². The van der Waals surface area contributed by atoms with Crippen molar-refractivity contribution in [1.29, 1.82) is 0 Å². The van der Waals surface area contributed by atoms with Gasteiger partial charge in [0.05, 0.1) is 5.69 Å². The van der Waals surface area contributed by atoms with E-state index in [1.165, 1.54) is 29.3 Å². The summed E-state index contributed by atoms with van der Waals surface area (Å²) >= 11 is 0. The lowest BCUT2D eigenvalue weighted by Gasteiger charge is -2.27. The summed E-state index contributed by atoms with van der Waals surface area (Å²) < 4.78 is 13.7. The van der Waals surface area contributed by atoms with Gasteiger partial charge < -0.3 is 10.2 Å². The van der Waals surface area contributed by atoms with E-state index in [1.54, 1.807) is 6.07 Å². The van der Waals surface area contributed by atoms with Gasteiger partial charge in [-0.05, 0) is 54.7 Å². The minimum Gasteiger partial charge on any atom is -0.379 e. The first-order chi connectivity index (χ1) is 10.1. The fraction of sp³-hybridized carbons (Fsp3) is 0.333. The zero-order valence-corrected chi connectivity index (χ0v) is 12.6. The van der Waals surface area contributed by atoms with Crippen molar-refractivity contribution >= 4 is 11.4 Å². The Morgan fingerprint density at radius 3 is 2.90 bits per heavy atom. The van der Waals surface area contributed by atoms with Gasteiger partial charge in [0, 0.05) is 25.8 Å². The van der Waals surface area contributed by atoms with E-state index in [0.717, 1.165) is 18.5 Å². The van der Waals surface area contributed by atoms with Crippen LogP contribution in [0.5, 0.6) is 0 Å². The Labute approximate surface area is 125 Å². The number of halogens is 1. The summed E-state index contributed by atoms with van der Waals surface area (Å²) in [6.07, 6.45) is 2.33. The number of rotatable bonds is 3. The average molecular weight is 284 g/mol. The summed E-state index contributed by atoms with van der Waals surface area (Å²) in [7, 11) is 2.14. The summed E-state index contributed by atoms with van der Waals surface area (Å²) in [5.41, 5.74) is 5.56. The molecule has 1 aliphatic heterocycles. The van der Waals surface area contributed by atoms with Crippen LogP contribution in [0, 0.1) is 12.7 Å². The topological polar surface area (TPSA) is 15.3 Å². The quantitative estimate of drug-likeness (QED) is 0.911. The first-order valence-electron chi connectivity index (χ1n) is 7.46. The Bertz CT molecular complexity index is 652. The van der Waals surface area contributed by atoms with Crippen molar-refractivity contribution < 1.29 is 4.39 Å². The van der Waals surface area contributed by atoms with Crippen molar-refractivity contribution in [3.05, 3.63) is 58.9 Å². The molecular weight excluding hydrogens is 263 g/mol. The zero-order valence-electron chi connectivity index (χ0n) is 12.6. The second-order valence-electron chi connectivity index (χ2n) is 5.83. The third kappa shape index (κ3) is 3.02. The lowest BCUT2D eigenvalue weighted by atomic mass is 9.99. The van der Waals surface area contributed by atoms with E-state index in [9.17, 15) is 4.39 Å². The molecule has 1 N–H and O–H groups in total. The molecule has 0 aromatic heterocycles. The molecule has 0 radical (unpaired) electrons. The Balaban J connectivity index is 1.75. The number of benzene rings is 2. The van der Waals surface area contributed by atoms with E-state index in [4.69, 9.17) is 0 Å². The van der Waals surface area contributed by atoms with Crippen LogP contribution < -0.4 is 10.2 Å². The van der Waals surface area contributed by atoms with Crippen molar-refractivity contribution in [2.75, 3.05) is 23.8 Å². The first-order valence-corrected chi connectivity index (χ1v) is 7.46. The average Bonchev–Trinajstić information content (AvgIpc) is 2.48. The van der Waals surface area contributed by atoms with Crippen LogP contribution in [0.25, 0.3) is 0 Å². The Hall–Kier alpha value is -2.03. The Morgan fingerprint density at radius 2 is 2.05 bits per heavy atom. The molecule has 3 rings (SSSR count). The molecule has 3 heteroatoms. The van der Waals surface area contributed by atoms with E-state index in [0.29, 0.717) is 12.2 Å². The van der Waals surface area contributed by atoms with Crippen LogP contribution in [0.15, 0.2) is 36.4 Å². The third-order valence-electron chi connectivity index (χ3n) is 4.10. The number of aryl methyl sites for hydroxylation is 2. The van der Waals surface area contributed by atoms with Gasteiger partial charge in [-0.2, -0.15) is 0 Å². The standard InChI is InChI=1S/C18H21FN2/c1-13-5-7-16(19)17(10-13)20-12-14-6-8-18-15(11-14)4-3-9-21(18)2/h5-8,10-11,20H,3-4,9,12H2,1-2H3. The maximum absolute atomic E-state index is 13.7. The predicted molar refractivity (Wildman–Crippen MR) is 86.5 cm³/mol. The second-order valence-corrected chi connectivity index (χ2v) is 5.83. The number of hydrogen-bond acceptors (Lipinski definition) is 2. The largest absolute Gasteiger partial charge is 0.379 e. The normalized spacial score (nSPS) is 14.0. The highest BCUT2D eigenvalue weighted by Gasteiger charge is 2.13. The van der Waals surface area contributed by atoms with Crippen molar-refractivity contribution in [2.24, 2.45) is 0 Å². The van der Waals surface area contributed by atoms with Crippen molar-refractivity contribution in [3.8, 4) is 0 Å². The van der Waals surface area contributed by atoms with Gasteiger partial charge in [-0.3, -0.25) is 0 Å². The minimum atomic E-state index is -0.196. The molecule has 0 aliphatic carbocycles. The van der Waals surface area contributed by atoms with E-state index in [-0.39, 0.29) is 5.82 Å². The van der Waals surface area contributed by atoms with Gasteiger partial charge in [0.15, 0.2) is 0 Å². The van der Waals surface area contributed by atoms with Crippen LogP contribution in [-0.4, -0.2) is 13.6 Å². The van der Waals surface area contributed by atoms with Crippen molar-refractivity contribution in [2.45, 2.75) is 26.3 Å². The molecule has 21 heavy (non-hydrogen) atoms. The maximum Gasteiger partial charge on any atom is 0.146 e. The van der Waals surface area contributed by atoms with Gasteiger partial charge in [0.2, 0.25) is 0 Å². The highest BCUT2D eigenvalue weighted by atomic mass is 19.1. The molecule has 1 heterocycles. The van der Waals surface area contributed by atoms with Gasteiger partial charge in [0.1, 0.15) is 5.82 Å². The molecule has 0 unspecified atom stereocenters. The van der Waals surface area contributed by atoms with E-state index in [2.05, 4.69) is 35.5 Å². The van der Waals surface area contributed by atoms with Gasteiger partial charge in [-0.15, -0.1) is 0 Å². The lowest BCUT2D eigenvalue weighted by Crippen LogP contribution is -2.24. The molecule has 110 valence electrons. The van der Waals surface area contributed by atoms with E-state index in [1.807, 2.05) is 13.0 Å². The maximum atomic E-state index is 13.7. The Morgan fingerprint density at radius 1 is 1.19 bits per heavy atom. The molecular formula is C18H21FN2. The van der Waals surface area contributed by atoms with Crippen LogP contribution in [0.2, 0.25) is 0 Å². The molecule has 0 spiro atoms. The fourth-order valence-electron chi connectivity index (χ4n) is 2.92. The minimum absolute atomic E-state index is 0.196. The number of nitrogens with zero attached hydrogens (tertiary/aromatic N) is 1. The summed E-state index contributed by atoms with van der Waals surface area (Å²) in [5, 5.41) is 3.20. The van der Waals surface area contributed by atoms with Crippen molar-refractivity contribution in [1.82, 2.24) is 0 Å². The number of hydrogen-bond donors (Lipinski definition) is 1. The third-order valence-corrected chi connectivity index (χ3v) is 4.10. The number of fused-ring (bicyclic) bond motifs is 1. The SMILES string of the molecule is Cc1ccc(F)c(NCc2ccc3c(c2)CCCN3C)c1. The fourth-order valence-corrected chi connectivity index (χ4v) is 2.92. The number of nitrogens with one attached hydrogen (secondary N) is 1. The molecule has 0 saturated heterocycles. The van der Waals surface area contributed by atoms with E-state index >= 15 is 0 Å². The van der Waals surface area contributed by atoms with Crippen LogP contribution in [-0.2, 0) is 13.0 Å². The molecule has 0 atom stereocenters. The summed E-state index contributed by atoms with van der Waals surface area (Å²) in [6.45, 7) is 3.75. The molecule has 1 aliphatic rings. The first kappa shape index (κ1) is 13.9. The summed E-state index contributed by atoms with van der Waals surface area (Å²) in [5.74, 6) is -0.196. The molecule has 0 bridgehead atoms. The molecule has 0 saturated carbocycles. The highest BCUT2D eigenvalue weighted by Crippen LogP contribution is 2.27. The van der Waals surface area contributed by atoms with Crippen LogP contribution in [0.4, 0.5) is 15.8 Å². The molecule has 0 fully saturated rings. The molecule has 2 aromatic rings. The van der Waals surface area contributed by atoms with Gasteiger partial charge in [-0.25, -0.2) is 4.39 Å². The van der Waals surface area contributed by atoms with Gasteiger partial charge in [0.25, 0.3) is 0 Å². The van der Waals surface area contributed by atoms with Gasteiger partial charge in [-0.1, -0.05) is 18.2 Å². The number of anilines is 2. The van der Waals surface area contributed by atoms with E-state index < -0.39 is 0 Å². The summed E-state index contributed by atoms with van der Waals surface area (Å²) in [4.78, 5) is 2.30. The second kappa shape index (κ2) is 5.76. The van der Waals surface area contributed by atoms with Crippen molar-refractivity contribution in [3.63, 3.8) is 0 Å². The van der Waals surface area contributed by atoms with Crippen LogP contribution in [0.1, 0.15) is 23.1 Å². The smallest absolute Gasteiger partial charge is 0.146 e. The molecule has 2 nitrogen and oxygen atoms in total. The summed E-state index contributed by atoms with van der Waals surface area (Å²) in [6, 6.07) is 11.7. The predicted octanol–water partition coefficient (Wildman–Crippen LogP) is 4.13. The Kier molecular flexibility index (Phi) is 3.82. The molecule has 0 amide bonds. The highest BCUT2D eigenvalue weighted by molar-refractivity contribution is 5.57. The van der Waals surface area contributed by atoms with Crippen LogP contribution in [0.3, 0.4) is 0 Å². The molecule has 2 aromatic carbocycles. The zero-order chi connectivity index (χ0) is 14.8.